The minimum atomic E-state index is -4.81. The smallest absolute Gasteiger partial charge is 0.462 e. The van der Waals surface area contributed by atoms with Crippen molar-refractivity contribution in [2.45, 2.75) is 174 Å². The molecule has 0 unspecified atom stereocenters. The first-order chi connectivity index (χ1) is 24.9. The molecule has 3 N–H and O–H groups in total. The lowest BCUT2D eigenvalue weighted by Gasteiger charge is -2.18. The Morgan fingerprint density at radius 1 is 0.808 bits per heavy atom. The second kappa shape index (κ2) is 30.3. The molecule has 11 heteroatoms. The van der Waals surface area contributed by atoms with Crippen LogP contribution in [-0.4, -0.2) is 58.0 Å². The number of esters is 2. The Bertz CT molecular complexity index is 1100. The molecule has 0 saturated heterocycles. The molecule has 0 spiro atoms. The van der Waals surface area contributed by atoms with Gasteiger partial charge in [-0.2, -0.15) is 0 Å². The van der Waals surface area contributed by atoms with E-state index in [0.29, 0.717) is 32.1 Å². The molecule has 52 heavy (non-hydrogen) atoms. The van der Waals surface area contributed by atoms with Crippen LogP contribution in [-0.2, 0) is 32.9 Å². The zero-order chi connectivity index (χ0) is 38.5. The predicted octanol–water partition coefficient (Wildman–Crippen LogP) is 9.65. The Morgan fingerprint density at radius 3 is 2.02 bits per heavy atom. The Labute approximate surface area is 314 Å². The van der Waals surface area contributed by atoms with Crippen LogP contribution in [0, 0.1) is 17.8 Å². The van der Waals surface area contributed by atoms with Crippen LogP contribution in [0.25, 0.3) is 0 Å². The molecule has 10 nitrogen and oxygen atoms in total. The highest BCUT2D eigenvalue weighted by molar-refractivity contribution is 7.46. The fourth-order valence-corrected chi connectivity index (χ4v) is 6.56. The van der Waals surface area contributed by atoms with Crippen molar-refractivity contribution in [3.63, 3.8) is 0 Å². The van der Waals surface area contributed by atoms with Gasteiger partial charge < -0.3 is 24.4 Å². The van der Waals surface area contributed by atoms with E-state index in [2.05, 4.69) is 25.3 Å². The molecule has 1 rings (SSSR count). The molecule has 0 amide bonds. The van der Waals surface area contributed by atoms with Gasteiger partial charge >= 0.3 is 19.8 Å². The van der Waals surface area contributed by atoms with Gasteiger partial charge in [0.25, 0.3) is 0 Å². The minimum Gasteiger partial charge on any atom is -0.462 e. The Kier molecular flexibility index (Phi) is 27.9. The summed E-state index contributed by atoms with van der Waals surface area (Å²) in [4.78, 5) is 55.3. The van der Waals surface area contributed by atoms with Crippen LogP contribution >= 0.6 is 7.82 Å². The molecule has 0 fully saturated rings. The number of phosphoric acid groups is 1. The van der Waals surface area contributed by atoms with E-state index in [9.17, 15) is 24.1 Å². The summed E-state index contributed by atoms with van der Waals surface area (Å²) in [5.74, 6) is -0.464. The number of aliphatic hydroxyl groups is 1. The maximum atomic E-state index is 12.5. The van der Waals surface area contributed by atoms with Gasteiger partial charge in [0, 0.05) is 18.8 Å². The lowest BCUT2D eigenvalue weighted by molar-refractivity contribution is -0.161. The van der Waals surface area contributed by atoms with Gasteiger partial charge in [0.05, 0.1) is 12.7 Å². The normalized spacial score (nSPS) is 17.5. The third-order valence-corrected chi connectivity index (χ3v) is 9.82. The molecular formula is C41H71O10P. The number of hydrogen-bond acceptors (Lipinski definition) is 8. The summed E-state index contributed by atoms with van der Waals surface area (Å²) < 4.78 is 26.3. The van der Waals surface area contributed by atoms with Gasteiger partial charge in [-0.05, 0) is 50.0 Å². The molecule has 0 aromatic carbocycles. The molecule has 4 atom stereocenters. The SMILES string of the molecule is CCCCC[C@H](O)/C=C/[C@H]1C(=O)C=C[C@@H]1C/C=C\CCCC(=O)O[C@H](COC(=O)CCCCCCCCCCCCCCC(C)C)COP(=O)(O)O. The Morgan fingerprint density at radius 2 is 1.40 bits per heavy atom. The minimum absolute atomic E-state index is 0.0176. The third-order valence-electron chi connectivity index (χ3n) is 9.34. The van der Waals surface area contributed by atoms with Crippen molar-refractivity contribution in [1.29, 1.82) is 0 Å². The standard InChI is InChI=1S/C41H71O10P/c1-4-5-18-25-36(42)29-30-38-35(28-31-39(38)43)24-20-16-17-22-27-41(45)51-37(33-50-52(46,47)48)32-49-40(44)26-21-15-13-11-9-7-6-8-10-12-14-19-23-34(2)3/h16,20,28-31,34-38,42H,4-15,17-19,21-27,32-33H2,1-3H3,(H2,46,47,48)/b20-16-,30-29+/t35-,36-,37+,38+/m0/s1. The summed E-state index contributed by atoms with van der Waals surface area (Å²) in [6.45, 7) is 5.74. The zero-order valence-electron chi connectivity index (χ0n) is 32.5. The van der Waals surface area contributed by atoms with Crippen molar-refractivity contribution in [3.8, 4) is 0 Å². The van der Waals surface area contributed by atoms with Crippen molar-refractivity contribution in [1.82, 2.24) is 0 Å². The van der Waals surface area contributed by atoms with Crippen molar-refractivity contribution < 1.29 is 47.8 Å². The van der Waals surface area contributed by atoms with Crippen LogP contribution in [0.4, 0.5) is 0 Å². The highest BCUT2D eigenvalue weighted by Gasteiger charge is 2.27. The van der Waals surface area contributed by atoms with Crippen molar-refractivity contribution in [2.75, 3.05) is 13.2 Å². The largest absolute Gasteiger partial charge is 0.469 e. The van der Waals surface area contributed by atoms with Crippen molar-refractivity contribution >= 4 is 25.5 Å². The number of allylic oxidation sites excluding steroid dienone is 5. The molecule has 1 aliphatic rings. The van der Waals surface area contributed by atoms with Gasteiger partial charge in [-0.15, -0.1) is 0 Å². The number of hydrogen-bond donors (Lipinski definition) is 3. The fraction of sp³-hybridized carbons (Fsp3) is 0.780. The van der Waals surface area contributed by atoms with E-state index in [1.165, 1.54) is 57.8 Å². The summed E-state index contributed by atoms with van der Waals surface area (Å²) in [6.07, 6.45) is 30.7. The maximum Gasteiger partial charge on any atom is 0.469 e. The fourth-order valence-electron chi connectivity index (χ4n) is 6.20. The molecule has 0 aromatic heterocycles. The quantitative estimate of drug-likeness (QED) is 0.0255. The van der Waals surface area contributed by atoms with E-state index in [0.717, 1.165) is 44.4 Å². The number of ether oxygens (including phenoxy) is 2. The number of aliphatic hydroxyl groups excluding tert-OH is 1. The van der Waals surface area contributed by atoms with E-state index < -0.39 is 38.6 Å². The van der Waals surface area contributed by atoms with E-state index >= 15 is 0 Å². The highest BCUT2D eigenvalue weighted by atomic mass is 31.2. The van der Waals surface area contributed by atoms with Crippen LogP contribution < -0.4 is 0 Å². The molecule has 1 aliphatic carbocycles. The van der Waals surface area contributed by atoms with Crippen LogP contribution in [0.5, 0.6) is 0 Å². The lowest BCUT2D eigenvalue weighted by atomic mass is 9.90. The zero-order valence-corrected chi connectivity index (χ0v) is 33.4. The lowest BCUT2D eigenvalue weighted by Crippen LogP contribution is -2.29. The number of ketones is 1. The van der Waals surface area contributed by atoms with Crippen LogP contribution in [0.1, 0.15) is 162 Å². The van der Waals surface area contributed by atoms with Crippen molar-refractivity contribution in [2.24, 2.45) is 17.8 Å². The first kappa shape index (κ1) is 47.9. The third kappa shape index (κ3) is 27.5. The van der Waals surface area contributed by atoms with Crippen LogP contribution in [0.2, 0.25) is 0 Å². The molecule has 0 heterocycles. The number of carbonyl (C=O) groups is 3. The molecule has 0 aromatic rings. The van der Waals surface area contributed by atoms with Gasteiger partial charge in [0.2, 0.25) is 0 Å². The first-order valence-corrected chi connectivity index (χ1v) is 21.7. The van der Waals surface area contributed by atoms with E-state index in [-0.39, 0.29) is 37.1 Å². The molecular weight excluding hydrogens is 683 g/mol. The van der Waals surface area contributed by atoms with Crippen LogP contribution in [0.3, 0.4) is 0 Å². The van der Waals surface area contributed by atoms with Gasteiger partial charge in [-0.25, -0.2) is 4.57 Å². The van der Waals surface area contributed by atoms with Gasteiger partial charge in [-0.1, -0.05) is 147 Å². The first-order valence-electron chi connectivity index (χ1n) is 20.2. The molecule has 0 aliphatic heterocycles. The molecule has 0 radical (unpaired) electrons. The van der Waals surface area contributed by atoms with E-state index in [4.69, 9.17) is 19.3 Å². The average Bonchev–Trinajstić information content (AvgIpc) is 3.44. The number of unbranched alkanes of at least 4 members (excludes halogenated alkanes) is 14. The van der Waals surface area contributed by atoms with Gasteiger partial charge in [-0.3, -0.25) is 18.9 Å². The van der Waals surface area contributed by atoms with Gasteiger partial charge in [0.1, 0.15) is 6.61 Å². The van der Waals surface area contributed by atoms with E-state index in [1.807, 2.05) is 24.3 Å². The summed E-state index contributed by atoms with van der Waals surface area (Å²) in [5, 5.41) is 10.2. The number of carbonyl (C=O) groups excluding carboxylic acids is 3. The second-order valence-corrected chi connectivity index (χ2v) is 16.0. The van der Waals surface area contributed by atoms with E-state index in [1.54, 1.807) is 12.2 Å². The van der Waals surface area contributed by atoms with Crippen molar-refractivity contribution in [3.05, 3.63) is 36.5 Å². The van der Waals surface area contributed by atoms with Crippen LogP contribution in [0.15, 0.2) is 36.5 Å². The topological polar surface area (TPSA) is 157 Å². The number of phosphoric ester groups is 1. The summed E-state index contributed by atoms with van der Waals surface area (Å²) in [6, 6.07) is 0. The van der Waals surface area contributed by atoms with Gasteiger partial charge in [0.15, 0.2) is 11.9 Å². The monoisotopic (exact) mass is 754 g/mol. The maximum absolute atomic E-state index is 12.5. The second-order valence-electron chi connectivity index (χ2n) is 14.8. The number of rotatable bonds is 33. The molecule has 0 saturated carbocycles. The Balaban J connectivity index is 2.27. The summed E-state index contributed by atoms with van der Waals surface area (Å²) >= 11 is 0. The summed E-state index contributed by atoms with van der Waals surface area (Å²) in [7, 11) is -4.81. The average molecular weight is 755 g/mol. The molecule has 0 bridgehead atoms. The Hall–Kier alpha value is -2.10. The highest BCUT2D eigenvalue weighted by Crippen LogP contribution is 2.36. The summed E-state index contributed by atoms with van der Waals surface area (Å²) in [5.41, 5.74) is 0. The predicted molar refractivity (Wildman–Crippen MR) is 206 cm³/mol. The molecule has 300 valence electrons.